The van der Waals surface area contributed by atoms with E-state index in [2.05, 4.69) is 12.2 Å². The fourth-order valence-electron chi connectivity index (χ4n) is 2.35. The van der Waals surface area contributed by atoms with Crippen molar-refractivity contribution < 1.29 is 4.42 Å². The quantitative estimate of drug-likeness (QED) is 0.769. The van der Waals surface area contributed by atoms with Crippen molar-refractivity contribution in [2.75, 3.05) is 0 Å². The lowest BCUT2D eigenvalue weighted by Gasteiger charge is -2.15. The molecule has 2 heteroatoms. The molecule has 2 rings (SSSR count). The molecule has 1 aliphatic carbocycles. The van der Waals surface area contributed by atoms with Crippen LogP contribution >= 0.6 is 0 Å². The summed E-state index contributed by atoms with van der Waals surface area (Å²) >= 11 is 0. The van der Waals surface area contributed by atoms with Crippen molar-refractivity contribution in [3.63, 3.8) is 0 Å². The highest BCUT2D eigenvalue weighted by molar-refractivity contribution is 5.04. The topological polar surface area (TPSA) is 25.2 Å². The maximum absolute atomic E-state index is 5.06. The molecule has 1 N–H and O–H groups in total. The average molecular weight is 207 g/mol. The van der Waals surface area contributed by atoms with E-state index in [4.69, 9.17) is 4.42 Å². The zero-order chi connectivity index (χ0) is 10.5. The second-order valence-electron chi connectivity index (χ2n) is 4.82. The molecule has 0 saturated heterocycles. The van der Waals surface area contributed by atoms with Crippen molar-refractivity contribution >= 4 is 0 Å². The lowest BCUT2D eigenvalue weighted by molar-refractivity contribution is 0.446. The molecule has 1 aliphatic rings. The summed E-state index contributed by atoms with van der Waals surface area (Å²) in [5.74, 6) is 0.922. The van der Waals surface area contributed by atoms with Crippen molar-refractivity contribution in [3.05, 3.63) is 24.2 Å². The Balaban J connectivity index is 1.74. The van der Waals surface area contributed by atoms with Gasteiger partial charge in [0.05, 0.1) is 12.5 Å². The van der Waals surface area contributed by atoms with E-state index in [1.807, 2.05) is 12.3 Å². The number of hydrogen-bond donors (Lipinski definition) is 1. The van der Waals surface area contributed by atoms with Gasteiger partial charge < -0.3 is 9.73 Å². The molecule has 1 saturated carbocycles. The Bertz CT molecular complexity index is 268. The van der Waals surface area contributed by atoms with E-state index in [0.29, 0.717) is 6.04 Å². The van der Waals surface area contributed by atoms with Gasteiger partial charge in [0.15, 0.2) is 0 Å². The zero-order valence-electron chi connectivity index (χ0n) is 9.54. The summed E-state index contributed by atoms with van der Waals surface area (Å²) in [6.45, 7) is 3.33. The van der Waals surface area contributed by atoms with E-state index in [9.17, 15) is 0 Å². The Hall–Kier alpha value is -0.760. The number of hydrogen-bond acceptors (Lipinski definition) is 2. The monoisotopic (exact) mass is 207 g/mol. The Morgan fingerprint density at radius 2 is 2.27 bits per heavy atom. The number of furan rings is 1. The highest BCUT2D eigenvalue weighted by Gasteiger charge is 2.15. The van der Waals surface area contributed by atoms with Gasteiger partial charge in [-0.1, -0.05) is 19.8 Å². The van der Waals surface area contributed by atoms with E-state index in [0.717, 1.165) is 12.5 Å². The Labute approximate surface area is 92.1 Å². The molecular weight excluding hydrogens is 186 g/mol. The molecule has 1 aromatic heterocycles. The minimum atomic E-state index is 0.713. The van der Waals surface area contributed by atoms with Gasteiger partial charge in [-0.15, -0.1) is 0 Å². The standard InChI is InChI=1S/C13H21NO/c1-11-3-2-4-13(6-5-11)14-9-12-7-8-15-10-12/h7-8,10-11,13-14H,2-6,9H2,1H3. The van der Waals surface area contributed by atoms with Crippen LogP contribution in [0.5, 0.6) is 0 Å². The predicted octanol–water partition coefficient (Wildman–Crippen LogP) is 3.34. The van der Waals surface area contributed by atoms with E-state index in [-0.39, 0.29) is 0 Å². The van der Waals surface area contributed by atoms with Crippen LogP contribution in [0.4, 0.5) is 0 Å². The smallest absolute Gasteiger partial charge is 0.0947 e. The minimum Gasteiger partial charge on any atom is -0.472 e. The van der Waals surface area contributed by atoms with Gasteiger partial charge in [-0.2, -0.15) is 0 Å². The van der Waals surface area contributed by atoms with E-state index in [1.165, 1.54) is 37.7 Å². The molecule has 0 bridgehead atoms. The van der Waals surface area contributed by atoms with Gasteiger partial charge >= 0.3 is 0 Å². The van der Waals surface area contributed by atoms with Gasteiger partial charge in [0.1, 0.15) is 0 Å². The highest BCUT2D eigenvalue weighted by Crippen LogP contribution is 2.22. The van der Waals surface area contributed by atoms with Crippen molar-refractivity contribution in [1.82, 2.24) is 5.32 Å². The maximum Gasteiger partial charge on any atom is 0.0947 e. The Morgan fingerprint density at radius 1 is 1.33 bits per heavy atom. The molecule has 15 heavy (non-hydrogen) atoms. The van der Waals surface area contributed by atoms with E-state index >= 15 is 0 Å². The van der Waals surface area contributed by atoms with Crippen molar-refractivity contribution in [2.45, 2.75) is 51.6 Å². The lowest BCUT2D eigenvalue weighted by Crippen LogP contribution is -2.27. The van der Waals surface area contributed by atoms with Crippen LogP contribution in [0.2, 0.25) is 0 Å². The highest BCUT2D eigenvalue weighted by atomic mass is 16.3. The summed E-state index contributed by atoms with van der Waals surface area (Å²) in [6, 6.07) is 2.75. The third kappa shape index (κ3) is 3.38. The molecule has 0 spiro atoms. The summed E-state index contributed by atoms with van der Waals surface area (Å²) in [7, 11) is 0. The van der Waals surface area contributed by atoms with Crippen LogP contribution < -0.4 is 5.32 Å². The Kier molecular flexibility index (Phi) is 3.84. The summed E-state index contributed by atoms with van der Waals surface area (Å²) in [6.07, 6.45) is 10.4. The maximum atomic E-state index is 5.06. The van der Waals surface area contributed by atoms with Gasteiger partial charge in [-0.3, -0.25) is 0 Å². The SMILES string of the molecule is CC1CCCC(NCc2ccoc2)CC1. The summed E-state index contributed by atoms with van der Waals surface area (Å²) in [4.78, 5) is 0. The van der Waals surface area contributed by atoms with Crippen molar-refractivity contribution in [1.29, 1.82) is 0 Å². The molecule has 1 fully saturated rings. The second-order valence-corrected chi connectivity index (χ2v) is 4.82. The second kappa shape index (κ2) is 5.36. The fourth-order valence-corrected chi connectivity index (χ4v) is 2.35. The van der Waals surface area contributed by atoms with Crippen LogP contribution in [0, 0.1) is 5.92 Å². The molecule has 1 aromatic rings. The van der Waals surface area contributed by atoms with Crippen LogP contribution in [0.15, 0.2) is 23.0 Å². The lowest BCUT2D eigenvalue weighted by atomic mass is 10.0. The van der Waals surface area contributed by atoms with Crippen LogP contribution in [-0.2, 0) is 6.54 Å². The van der Waals surface area contributed by atoms with Gasteiger partial charge in [-0.25, -0.2) is 0 Å². The first-order chi connectivity index (χ1) is 7.34. The normalized spacial score (nSPS) is 27.5. The Morgan fingerprint density at radius 3 is 3.07 bits per heavy atom. The molecule has 0 amide bonds. The first-order valence-corrected chi connectivity index (χ1v) is 6.09. The van der Waals surface area contributed by atoms with Crippen LogP contribution in [0.3, 0.4) is 0 Å². The molecule has 1 heterocycles. The zero-order valence-corrected chi connectivity index (χ0v) is 9.54. The van der Waals surface area contributed by atoms with E-state index < -0.39 is 0 Å². The summed E-state index contributed by atoms with van der Waals surface area (Å²) in [5, 5.41) is 3.62. The van der Waals surface area contributed by atoms with Crippen LogP contribution in [0.1, 0.15) is 44.6 Å². The molecule has 2 unspecified atom stereocenters. The molecular formula is C13H21NO. The third-order valence-corrected chi connectivity index (χ3v) is 3.43. The number of nitrogens with one attached hydrogen (secondary N) is 1. The largest absolute Gasteiger partial charge is 0.472 e. The average Bonchev–Trinajstić information content (AvgIpc) is 2.66. The minimum absolute atomic E-state index is 0.713. The van der Waals surface area contributed by atoms with Gasteiger partial charge in [-0.05, 0) is 31.2 Å². The van der Waals surface area contributed by atoms with E-state index in [1.54, 1.807) is 6.26 Å². The van der Waals surface area contributed by atoms with Crippen molar-refractivity contribution in [2.24, 2.45) is 5.92 Å². The molecule has 0 aliphatic heterocycles. The summed E-state index contributed by atoms with van der Waals surface area (Å²) in [5.41, 5.74) is 1.26. The predicted molar refractivity (Wildman–Crippen MR) is 61.6 cm³/mol. The van der Waals surface area contributed by atoms with Gasteiger partial charge in [0.2, 0.25) is 0 Å². The molecule has 2 atom stereocenters. The molecule has 84 valence electrons. The molecule has 0 aromatic carbocycles. The van der Waals surface area contributed by atoms with Crippen LogP contribution in [-0.4, -0.2) is 6.04 Å². The first kappa shape index (κ1) is 10.7. The van der Waals surface area contributed by atoms with Crippen LogP contribution in [0.25, 0.3) is 0 Å². The summed E-state index contributed by atoms with van der Waals surface area (Å²) < 4.78 is 5.06. The fraction of sp³-hybridized carbons (Fsp3) is 0.692. The molecule has 2 nitrogen and oxygen atoms in total. The van der Waals surface area contributed by atoms with Gasteiger partial charge in [0, 0.05) is 18.2 Å². The van der Waals surface area contributed by atoms with Crippen molar-refractivity contribution in [3.8, 4) is 0 Å². The van der Waals surface area contributed by atoms with Gasteiger partial charge in [0.25, 0.3) is 0 Å². The third-order valence-electron chi connectivity index (χ3n) is 3.43. The molecule has 0 radical (unpaired) electrons. The number of rotatable bonds is 3. The first-order valence-electron chi connectivity index (χ1n) is 6.09.